The smallest absolute Gasteiger partial charge is 0.148 e. The number of aliphatic hydroxyl groups is 1. The zero-order valence-corrected chi connectivity index (χ0v) is 10.0. The zero-order valence-electron chi connectivity index (χ0n) is 7.71. The Morgan fingerprint density at radius 1 is 1.33 bits per heavy atom. The van der Waals surface area contributed by atoms with Crippen LogP contribution in [-0.2, 0) is 0 Å². The summed E-state index contributed by atoms with van der Waals surface area (Å²) in [5.74, 6) is -0.611. The lowest BCUT2D eigenvalue weighted by atomic mass is 10.0. The lowest BCUT2D eigenvalue weighted by Gasteiger charge is -2.13. The van der Waals surface area contributed by atoms with Crippen LogP contribution in [0, 0.1) is 5.82 Å². The number of nitrogens with two attached hydrogens (primary N) is 1. The lowest BCUT2D eigenvalue weighted by molar-refractivity contribution is 0.275. The summed E-state index contributed by atoms with van der Waals surface area (Å²) < 4.78 is 13.5. The molecule has 0 aliphatic heterocycles. The van der Waals surface area contributed by atoms with E-state index in [0.717, 1.165) is 0 Å². The molecule has 6 heteroatoms. The van der Waals surface area contributed by atoms with Crippen LogP contribution >= 0.6 is 35.6 Å². The topological polar surface area (TPSA) is 46.2 Å². The molecule has 0 aromatic heterocycles. The maximum atomic E-state index is 13.5. The fourth-order valence-electron chi connectivity index (χ4n) is 1.17. The van der Waals surface area contributed by atoms with Gasteiger partial charge in [-0.3, -0.25) is 0 Å². The van der Waals surface area contributed by atoms with Crippen molar-refractivity contribution in [3.8, 4) is 0 Å². The highest BCUT2D eigenvalue weighted by Crippen LogP contribution is 2.30. The van der Waals surface area contributed by atoms with Crippen LogP contribution in [0.25, 0.3) is 0 Å². The predicted molar refractivity (Wildman–Crippen MR) is 62.3 cm³/mol. The molecule has 0 radical (unpaired) electrons. The molecule has 1 atom stereocenters. The van der Waals surface area contributed by atoms with Crippen molar-refractivity contribution in [3.63, 3.8) is 0 Å². The Hall–Kier alpha value is -0.0600. The van der Waals surface area contributed by atoms with Crippen molar-refractivity contribution >= 4 is 35.6 Å². The second-order valence-electron chi connectivity index (χ2n) is 2.88. The van der Waals surface area contributed by atoms with Crippen LogP contribution in [0.15, 0.2) is 12.1 Å². The summed E-state index contributed by atoms with van der Waals surface area (Å²) in [7, 11) is 0. The van der Waals surface area contributed by atoms with Crippen molar-refractivity contribution in [2.24, 2.45) is 5.73 Å². The highest BCUT2D eigenvalue weighted by Gasteiger charge is 2.17. The van der Waals surface area contributed by atoms with Crippen LogP contribution in [-0.4, -0.2) is 11.7 Å². The van der Waals surface area contributed by atoms with Gasteiger partial charge in [-0.1, -0.05) is 23.2 Å². The van der Waals surface area contributed by atoms with E-state index >= 15 is 0 Å². The molecule has 0 bridgehead atoms. The van der Waals surface area contributed by atoms with Gasteiger partial charge in [0.15, 0.2) is 0 Å². The van der Waals surface area contributed by atoms with Crippen LogP contribution in [0.1, 0.15) is 18.0 Å². The van der Waals surface area contributed by atoms with Gasteiger partial charge in [-0.2, -0.15) is 0 Å². The van der Waals surface area contributed by atoms with Crippen molar-refractivity contribution in [3.05, 3.63) is 33.6 Å². The summed E-state index contributed by atoms with van der Waals surface area (Å²) in [4.78, 5) is 0. The molecule has 0 amide bonds. The van der Waals surface area contributed by atoms with Gasteiger partial charge >= 0.3 is 0 Å². The van der Waals surface area contributed by atoms with Crippen molar-refractivity contribution in [1.82, 2.24) is 0 Å². The summed E-state index contributed by atoms with van der Waals surface area (Å²) in [5, 5.41) is 8.88. The van der Waals surface area contributed by atoms with Gasteiger partial charge in [-0.15, -0.1) is 12.4 Å². The van der Waals surface area contributed by atoms with E-state index in [1.165, 1.54) is 12.1 Å². The van der Waals surface area contributed by atoms with Crippen LogP contribution in [0.2, 0.25) is 10.0 Å². The van der Waals surface area contributed by atoms with Crippen molar-refractivity contribution in [2.45, 2.75) is 12.5 Å². The minimum absolute atomic E-state index is 0. The maximum absolute atomic E-state index is 13.5. The molecule has 0 unspecified atom stereocenters. The molecule has 1 aromatic carbocycles. The quantitative estimate of drug-likeness (QED) is 0.833. The zero-order chi connectivity index (χ0) is 10.7. The van der Waals surface area contributed by atoms with E-state index in [-0.39, 0.29) is 41.0 Å². The molecule has 0 aliphatic rings. The Bertz CT molecular complexity index is 335. The molecular weight excluding hydrogens is 263 g/mol. The van der Waals surface area contributed by atoms with Gasteiger partial charge in [0, 0.05) is 23.2 Å². The maximum Gasteiger partial charge on any atom is 0.148 e. The molecule has 0 spiro atoms. The molecule has 86 valence electrons. The molecule has 15 heavy (non-hydrogen) atoms. The lowest BCUT2D eigenvalue weighted by Crippen LogP contribution is -2.14. The van der Waals surface area contributed by atoms with E-state index in [1.807, 2.05) is 0 Å². The highest BCUT2D eigenvalue weighted by atomic mass is 35.5. The van der Waals surface area contributed by atoms with E-state index in [9.17, 15) is 4.39 Å². The summed E-state index contributed by atoms with van der Waals surface area (Å²) in [5.41, 5.74) is 5.79. The van der Waals surface area contributed by atoms with E-state index in [2.05, 4.69) is 0 Å². The predicted octanol–water partition coefficient (Wildman–Crippen LogP) is 2.94. The molecule has 0 saturated carbocycles. The van der Waals surface area contributed by atoms with Crippen LogP contribution in [0.3, 0.4) is 0 Å². The number of rotatable bonds is 3. The highest BCUT2D eigenvalue weighted by molar-refractivity contribution is 6.33. The van der Waals surface area contributed by atoms with Crippen LogP contribution < -0.4 is 5.73 Å². The molecule has 3 N–H and O–H groups in total. The molecule has 0 saturated heterocycles. The van der Waals surface area contributed by atoms with Crippen molar-refractivity contribution in [1.29, 1.82) is 0 Å². The second-order valence-corrected chi connectivity index (χ2v) is 3.69. The second kappa shape index (κ2) is 6.51. The van der Waals surface area contributed by atoms with E-state index < -0.39 is 11.9 Å². The Kier molecular flexibility index (Phi) is 6.48. The normalized spacial score (nSPS) is 12.1. The standard InChI is InChI=1S/C9H10Cl2FNO.ClH/c10-5-1-2-6(11)9(12)8(5)7(13)3-4-14;/h1-2,7,14H,3-4,13H2;1H/t7-;/m0./s1. The first-order valence-electron chi connectivity index (χ1n) is 4.07. The Morgan fingerprint density at radius 2 is 1.87 bits per heavy atom. The van der Waals surface area contributed by atoms with Gasteiger partial charge in [-0.05, 0) is 18.6 Å². The molecule has 1 rings (SSSR count). The summed E-state index contributed by atoms with van der Waals surface area (Å²) in [6, 6.07) is 2.22. The van der Waals surface area contributed by atoms with Crippen molar-refractivity contribution in [2.75, 3.05) is 6.61 Å². The first kappa shape index (κ1) is 14.9. The fourth-order valence-corrected chi connectivity index (χ4v) is 1.62. The Balaban J connectivity index is 0.00000196. The monoisotopic (exact) mass is 273 g/mol. The average Bonchev–Trinajstić information content (AvgIpc) is 2.13. The molecule has 0 fully saturated rings. The van der Waals surface area contributed by atoms with Crippen LogP contribution in [0.5, 0.6) is 0 Å². The van der Waals surface area contributed by atoms with Gasteiger partial charge in [0.2, 0.25) is 0 Å². The molecule has 2 nitrogen and oxygen atoms in total. The third-order valence-electron chi connectivity index (χ3n) is 1.89. The van der Waals surface area contributed by atoms with Gasteiger partial charge in [0.1, 0.15) is 5.82 Å². The van der Waals surface area contributed by atoms with Crippen LogP contribution in [0.4, 0.5) is 4.39 Å². The third kappa shape index (κ3) is 3.47. The number of hydrogen-bond donors (Lipinski definition) is 2. The molecular formula is C9H11Cl3FNO. The summed E-state index contributed by atoms with van der Waals surface area (Å²) >= 11 is 11.4. The van der Waals surface area contributed by atoms with Gasteiger partial charge < -0.3 is 10.8 Å². The van der Waals surface area contributed by atoms with E-state index in [0.29, 0.717) is 0 Å². The third-order valence-corrected chi connectivity index (χ3v) is 2.51. The minimum Gasteiger partial charge on any atom is -0.396 e. The molecule has 0 heterocycles. The number of halogens is 4. The van der Waals surface area contributed by atoms with Gasteiger partial charge in [0.25, 0.3) is 0 Å². The first-order chi connectivity index (χ1) is 6.57. The first-order valence-corrected chi connectivity index (χ1v) is 4.83. The summed E-state index contributed by atoms with van der Waals surface area (Å²) in [6.45, 7) is -0.122. The SMILES string of the molecule is Cl.N[C@@H](CCO)c1c(Cl)ccc(Cl)c1F. The van der Waals surface area contributed by atoms with E-state index in [1.54, 1.807) is 0 Å². The van der Waals surface area contributed by atoms with Gasteiger partial charge in [0.05, 0.1) is 5.02 Å². The fraction of sp³-hybridized carbons (Fsp3) is 0.333. The Labute approximate surface area is 104 Å². The average molecular weight is 275 g/mol. The molecule has 0 aliphatic carbocycles. The molecule has 1 aromatic rings. The largest absolute Gasteiger partial charge is 0.396 e. The number of hydrogen-bond acceptors (Lipinski definition) is 2. The summed E-state index contributed by atoms with van der Waals surface area (Å²) in [6.07, 6.45) is 0.247. The van der Waals surface area contributed by atoms with Crippen molar-refractivity contribution < 1.29 is 9.50 Å². The number of benzene rings is 1. The Morgan fingerprint density at radius 3 is 2.40 bits per heavy atom. The minimum atomic E-state index is -0.633. The van der Waals surface area contributed by atoms with Gasteiger partial charge in [-0.25, -0.2) is 4.39 Å². The number of aliphatic hydroxyl groups excluding tert-OH is 1. The van der Waals surface area contributed by atoms with E-state index in [4.69, 9.17) is 34.0 Å².